The topological polar surface area (TPSA) is 55.1 Å². The Morgan fingerprint density at radius 2 is 1.33 bits per heavy atom. The lowest BCUT2D eigenvalue weighted by atomic mass is 10.2. The number of hydrogen-bond acceptors (Lipinski definition) is 2. The van der Waals surface area contributed by atoms with E-state index in [-0.39, 0.29) is 5.91 Å². The first-order valence-electron chi connectivity index (χ1n) is 7.78. The summed E-state index contributed by atoms with van der Waals surface area (Å²) < 4.78 is 0. The highest BCUT2D eigenvalue weighted by molar-refractivity contribution is 5.75. The highest BCUT2D eigenvalue weighted by Gasteiger charge is 1.94. The Bertz CT molecular complexity index is 117. The van der Waals surface area contributed by atoms with Gasteiger partial charge in [0.25, 0.3) is 0 Å². The van der Waals surface area contributed by atoms with E-state index in [4.69, 9.17) is 5.73 Å². The summed E-state index contributed by atoms with van der Waals surface area (Å²) in [5, 5.41) is 2.84. The molecule has 3 heteroatoms. The van der Waals surface area contributed by atoms with Crippen molar-refractivity contribution in [2.24, 2.45) is 5.73 Å². The van der Waals surface area contributed by atoms with Crippen LogP contribution in [-0.2, 0) is 4.79 Å². The zero-order chi connectivity index (χ0) is 15.2. The standard InChI is InChI=1S/C9H20N2O.3C2H6/c1-2-9(12)11-8-6-4-3-5-7-10;3*1-2/h2-8,10H2,1H3,(H,11,12);3*1-2H3. The van der Waals surface area contributed by atoms with Gasteiger partial charge >= 0.3 is 0 Å². The van der Waals surface area contributed by atoms with Crippen molar-refractivity contribution in [1.29, 1.82) is 0 Å². The molecule has 0 unspecified atom stereocenters. The molecule has 0 bridgehead atoms. The fourth-order valence-corrected chi connectivity index (χ4v) is 0.976. The number of carbonyl (C=O) groups is 1. The summed E-state index contributed by atoms with van der Waals surface area (Å²) in [6, 6.07) is 0. The lowest BCUT2D eigenvalue weighted by Crippen LogP contribution is -2.23. The highest BCUT2D eigenvalue weighted by Crippen LogP contribution is 1.96. The van der Waals surface area contributed by atoms with Crippen molar-refractivity contribution in [3.8, 4) is 0 Å². The molecule has 0 fully saturated rings. The minimum atomic E-state index is 0.147. The van der Waals surface area contributed by atoms with Crippen LogP contribution in [-0.4, -0.2) is 19.0 Å². The van der Waals surface area contributed by atoms with E-state index in [2.05, 4.69) is 5.32 Å². The third-order valence-electron chi connectivity index (χ3n) is 1.77. The molecule has 0 aliphatic heterocycles. The first-order chi connectivity index (χ1) is 8.81. The van der Waals surface area contributed by atoms with Crippen LogP contribution in [0.25, 0.3) is 0 Å². The second kappa shape index (κ2) is 36.0. The van der Waals surface area contributed by atoms with Crippen molar-refractivity contribution >= 4 is 5.91 Å². The number of carbonyl (C=O) groups excluding carboxylic acids is 1. The van der Waals surface area contributed by atoms with E-state index in [9.17, 15) is 4.79 Å². The molecule has 1 amide bonds. The van der Waals surface area contributed by atoms with Gasteiger partial charge < -0.3 is 11.1 Å². The van der Waals surface area contributed by atoms with Crippen LogP contribution in [0.2, 0.25) is 0 Å². The molecule has 0 saturated heterocycles. The van der Waals surface area contributed by atoms with Crippen molar-refractivity contribution < 1.29 is 4.79 Å². The van der Waals surface area contributed by atoms with E-state index < -0.39 is 0 Å². The zero-order valence-corrected chi connectivity index (χ0v) is 13.9. The predicted octanol–water partition coefficient (Wildman–Crippen LogP) is 4.11. The maximum absolute atomic E-state index is 10.8. The van der Waals surface area contributed by atoms with Gasteiger partial charge in [0, 0.05) is 13.0 Å². The fourth-order valence-electron chi connectivity index (χ4n) is 0.976. The number of unbranched alkanes of at least 4 members (excludes halogenated alkanes) is 3. The molecule has 0 aliphatic carbocycles. The summed E-state index contributed by atoms with van der Waals surface area (Å²) in [6.07, 6.45) is 5.11. The average Bonchev–Trinajstić information content (AvgIpc) is 2.48. The summed E-state index contributed by atoms with van der Waals surface area (Å²) in [5.41, 5.74) is 5.34. The van der Waals surface area contributed by atoms with Gasteiger partial charge in [0.15, 0.2) is 0 Å². The maximum Gasteiger partial charge on any atom is 0.219 e. The molecule has 3 nitrogen and oxygen atoms in total. The number of amides is 1. The van der Waals surface area contributed by atoms with Crippen LogP contribution in [0.5, 0.6) is 0 Å². The smallest absolute Gasteiger partial charge is 0.219 e. The number of rotatable bonds is 7. The average molecular weight is 262 g/mol. The third-order valence-corrected chi connectivity index (χ3v) is 1.77. The fraction of sp³-hybridized carbons (Fsp3) is 0.933. The van der Waals surface area contributed by atoms with Crippen LogP contribution < -0.4 is 11.1 Å². The summed E-state index contributed by atoms with van der Waals surface area (Å²) in [5.74, 6) is 0.147. The summed E-state index contributed by atoms with van der Waals surface area (Å²) in [4.78, 5) is 10.8. The Morgan fingerprint density at radius 3 is 1.72 bits per heavy atom. The molecule has 3 N–H and O–H groups in total. The number of nitrogens with one attached hydrogen (secondary N) is 1. The number of nitrogens with two attached hydrogens (primary N) is 1. The molecule has 0 aromatic heterocycles. The lowest BCUT2D eigenvalue weighted by Gasteiger charge is -2.02. The second-order valence-electron chi connectivity index (χ2n) is 2.91. The van der Waals surface area contributed by atoms with Crippen molar-refractivity contribution in [2.75, 3.05) is 13.1 Å². The molecule has 0 spiro atoms. The van der Waals surface area contributed by atoms with E-state index in [0.717, 1.165) is 25.9 Å². The Kier molecular flexibility index (Phi) is 52.1. The van der Waals surface area contributed by atoms with Crippen molar-refractivity contribution in [2.45, 2.75) is 80.6 Å². The van der Waals surface area contributed by atoms with E-state index in [1.807, 2.05) is 48.5 Å². The second-order valence-corrected chi connectivity index (χ2v) is 2.91. The van der Waals surface area contributed by atoms with Gasteiger partial charge in [-0.15, -0.1) is 0 Å². The molecular formula is C15H38N2O. The first kappa shape index (κ1) is 26.1. The monoisotopic (exact) mass is 262 g/mol. The molecule has 114 valence electrons. The maximum atomic E-state index is 10.8. The lowest BCUT2D eigenvalue weighted by molar-refractivity contribution is -0.120. The molecule has 0 rings (SSSR count). The number of hydrogen-bond donors (Lipinski definition) is 2. The van der Waals surface area contributed by atoms with Crippen molar-refractivity contribution in [3.05, 3.63) is 0 Å². The van der Waals surface area contributed by atoms with Crippen molar-refractivity contribution in [1.82, 2.24) is 5.32 Å². The molecule has 0 aliphatic rings. The van der Waals surface area contributed by atoms with Crippen LogP contribution in [0, 0.1) is 0 Å². The molecule has 0 atom stereocenters. The molecular weight excluding hydrogens is 224 g/mol. The van der Waals surface area contributed by atoms with Crippen LogP contribution >= 0.6 is 0 Å². The van der Waals surface area contributed by atoms with E-state index in [0.29, 0.717) is 6.42 Å². The quantitative estimate of drug-likeness (QED) is 0.678. The Morgan fingerprint density at radius 1 is 0.889 bits per heavy atom. The predicted molar refractivity (Wildman–Crippen MR) is 84.9 cm³/mol. The van der Waals surface area contributed by atoms with Crippen LogP contribution in [0.1, 0.15) is 80.6 Å². The zero-order valence-electron chi connectivity index (χ0n) is 13.9. The van der Waals surface area contributed by atoms with E-state index in [1.54, 1.807) is 0 Å². The molecule has 0 aromatic carbocycles. The SMILES string of the molecule is CC.CC.CC.CCC(=O)NCCCCCCN. The van der Waals surface area contributed by atoms with Crippen LogP contribution in [0.15, 0.2) is 0 Å². The minimum absolute atomic E-state index is 0.147. The Balaban J connectivity index is -0.000000141. The van der Waals surface area contributed by atoms with Gasteiger partial charge in [-0.05, 0) is 19.4 Å². The van der Waals surface area contributed by atoms with Crippen LogP contribution in [0.4, 0.5) is 0 Å². The molecule has 18 heavy (non-hydrogen) atoms. The third kappa shape index (κ3) is 36.1. The first-order valence-corrected chi connectivity index (χ1v) is 7.78. The summed E-state index contributed by atoms with van der Waals surface area (Å²) in [7, 11) is 0. The van der Waals surface area contributed by atoms with Gasteiger partial charge in [0.05, 0.1) is 0 Å². The van der Waals surface area contributed by atoms with E-state index >= 15 is 0 Å². The minimum Gasteiger partial charge on any atom is -0.356 e. The van der Waals surface area contributed by atoms with Gasteiger partial charge in [0.2, 0.25) is 5.91 Å². The van der Waals surface area contributed by atoms with Crippen molar-refractivity contribution in [3.63, 3.8) is 0 Å². The van der Waals surface area contributed by atoms with E-state index in [1.165, 1.54) is 12.8 Å². The van der Waals surface area contributed by atoms with Gasteiger partial charge in [-0.25, -0.2) is 0 Å². The van der Waals surface area contributed by atoms with Gasteiger partial charge in [-0.1, -0.05) is 61.3 Å². The largest absolute Gasteiger partial charge is 0.356 e. The summed E-state index contributed by atoms with van der Waals surface area (Å²) in [6.45, 7) is 15.5. The Hall–Kier alpha value is -0.570. The van der Waals surface area contributed by atoms with Gasteiger partial charge in [0.1, 0.15) is 0 Å². The molecule has 0 saturated carbocycles. The highest BCUT2D eigenvalue weighted by atomic mass is 16.1. The summed E-state index contributed by atoms with van der Waals surface area (Å²) >= 11 is 0. The molecule has 0 heterocycles. The molecule has 0 aromatic rings. The van der Waals surface area contributed by atoms with Crippen LogP contribution in [0.3, 0.4) is 0 Å². The molecule has 0 radical (unpaired) electrons. The normalized spacial score (nSPS) is 7.56. The van der Waals surface area contributed by atoms with Gasteiger partial charge in [-0.2, -0.15) is 0 Å². The Labute approximate surface area is 116 Å². The van der Waals surface area contributed by atoms with Gasteiger partial charge in [-0.3, -0.25) is 4.79 Å².